The highest BCUT2D eigenvalue weighted by Crippen LogP contribution is 2.36. The molecular weight excluding hydrogens is 284 g/mol. The molecule has 1 aliphatic carbocycles. The van der Waals surface area contributed by atoms with E-state index in [2.05, 4.69) is 28.4 Å². The quantitative estimate of drug-likeness (QED) is 0.850. The Labute approximate surface area is 131 Å². The summed E-state index contributed by atoms with van der Waals surface area (Å²) in [5, 5.41) is 14.0. The number of nitrogens with zero attached hydrogens (tertiary/aromatic N) is 4. The Kier molecular flexibility index (Phi) is 4.21. The molecule has 5 nitrogen and oxygen atoms in total. The van der Waals surface area contributed by atoms with Crippen LogP contribution in [0, 0.1) is 10.2 Å². The normalized spacial score (nSPS) is 27.2. The summed E-state index contributed by atoms with van der Waals surface area (Å²) in [5.74, 6) is 0.720. The van der Waals surface area contributed by atoms with Crippen molar-refractivity contribution in [1.82, 2.24) is 19.2 Å². The minimum absolute atomic E-state index is 0.0280. The molecule has 1 N–H and O–H groups in total. The van der Waals surface area contributed by atoms with Crippen molar-refractivity contribution in [3.63, 3.8) is 0 Å². The Morgan fingerprint density at radius 3 is 2.81 bits per heavy atom. The van der Waals surface area contributed by atoms with E-state index in [1.54, 1.807) is 0 Å². The van der Waals surface area contributed by atoms with Crippen LogP contribution < -0.4 is 0 Å². The molecule has 1 saturated heterocycles. The van der Waals surface area contributed by atoms with Gasteiger partial charge in [-0.1, -0.05) is 13.8 Å². The van der Waals surface area contributed by atoms with Crippen LogP contribution in [0.4, 0.5) is 0 Å². The van der Waals surface area contributed by atoms with E-state index >= 15 is 0 Å². The van der Waals surface area contributed by atoms with Crippen molar-refractivity contribution in [2.75, 3.05) is 13.1 Å². The molecule has 0 radical (unpaired) electrons. The summed E-state index contributed by atoms with van der Waals surface area (Å²) in [4.78, 5) is 2.45. The molecule has 0 spiro atoms. The lowest BCUT2D eigenvalue weighted by Crippen LogP contribution is -2.42. The Morgan fingerprint density at radius 2 is 2.19 bits per heavy atom. The average Bonchev–Trinajstić information content (AvgIpc) is 3.25. The standard InChI is InChI=1S/C15H26N4OS/c1-3-15(2)7-4-8-17(10-15)11-18-14(21)19(12-5-6-12)13(9-20)16-18/h12,20H,3-11H2,1-2H3. The molecule has 0 aromatic carbocycles. The third-order valence-electron chi connectivity index (χ3n) is 5.04. The predicted octanol–water partition coefficient (Wildman–Crippen LogP) is 2.71. The van der Waals surface area contributed by atoms with Gasteiger partial charge in [-0.25, -0.2) is 4.68 Å². The summed E-state index contributed by atoms with van der Waals surface area (Å²) in [6.45, 7) is 7.60. The van der Waals surface area contributed by atoms with Gasteiger partial charge in [-0.15, -0.1) is 0 Å². The molecule has 1 saturated carbocycles. The smallest absolute Gasteiger partial charge is 0.199 e. The number of aliphatic hydroxyl groups excluding tert-OH is 1. The summed E-state index contributed by atoms with van der Waals surface area (Å²) >= 11 is 5.58. The molecular formula is C15H26N4OS. The van der Waals surface area contributed by atoms with Crippen LogP contribution >= 0.6 is 12.2 Å². The van der Waals surface area contributed by atoms with E-state index in [1.165, 1.54) is 19.3 Å². The van der Waals surface area contributed by atoms with Crippen LogP contribution in [0.3, 0.4) is 0 Å². The van der Waals surface area contributed by atoms with Gasteiger partial charge in [0.1, 0.15) is 6.61 Å². The lowest BCUT2D eigenvalue weighted by molar-refractivity contribution is 0.0702. The van der Waals surface area contributed by atoms with E-state index < -0.39 is 0 Å². The van der Waals surface area contributed by atoms with Gasteiger partial charge in [-0.05, 0) is 56.3 Å². The van der Waals surface area contributed by atoms with E-state index in [0.29, 0.717) is 11.5 Å². The van der Waals surface area contributed by atoms with Crippen LogP contribution in [0.1, 0.15) is 57.8 Å². The SMILES string of the molecule is CCC1(C)CCCN(Cn2nc(CO)n(C3CC3)c2=S)C1. The Bertz CT molecular complexity index is 563. The molecule has 1 aliphatic heterocycles. The molecule has 0 amide bonds. The maximum atomic E-state index is 9.50. The number of aromatic nitrogens is 3. The second-order valence-electron chi connectivity index (χ2n) is 6.92. The summed E-state index contributed by atoms with van der Waals surface area (Å²) in [5.41, 5.74) is 0.416. The Balaban J connectivity index is 1.77. The zero-order valence-corrected chi connectivity index (χ0v) is 13.9. The molecule has 0 bridgehead atoms. The van der Waals surface area contributed by atoms with Crippen LogP contribution in [-0.4, -0.2) is 37.4 Å². The summed E-state index contributed by atoms with van der Waals surface area (Å²) < 4.78 is 4.73. The zero-order chi connectivity index (χ0) is 15.0. The molecule has 2 heterocycles. The van der Waals surface area contributed by atoms with Gasteiger partial charge in [-0.2, -0.15) is 5.10 Å². The van der Waals surface area contributed by atoms with Crippen molar-refractivity contribution in [3.05, 3.63) is 10.6 Å². The molecule has 2 fully saturated rings. The van der Waals surface area contributed by atoms with Crippen LogP contribution in [0.2, 0.25) is 0 Å². The molecule has 2 aliphatic rings. The third kappa shape index (κ3) is 3.07. The maximum absolute atomic E-state index is 9.50. The fourth-order valence-electron chi connectivity index (χ4n) is 3.39. The molecule has 118 valence electrons. The topological polar surface area (TPSA) is 46.2 Å². The lowest BCUT2D eigenvalue weighted by atomic mass is 9.80. The van der Waals surface area contributed by atoms with Gasteiger partial charge < -0.3 is 5.11 Å². The molecule has 3 rings (SSSR count). The number of aliphatic hydroxyl groups is 1. The molecule has 6 heteroatoms. The first-order valence-corrected chi connectivity index (χ1v) is 8.48. The van der Waals surface area contributed by atoms with Gasteiger partial charge >= 0.3 is 0 Å². The summed E-state index contributed by atoms with van der Waals surface area (Å²) in [6, 6.07) is 0.468. The number of hydrogen-bond donors (Lipinski definition) is 1. The number of piperidine rings is 1. The first kappa shape index (κ1) is 15.2. The maximum Gasteiger partial charge on any atom is 0.199 e. The first-order valence-electron chi connectivity index (χ1n) is 8.08. The number of rotatable bonds is 5. The zero-order valence-electron chi connectivity index (χ0n) is 13.1. The molecule has 1 aromatic rings. The average molecular weight is 310 g/mol. The second-order valence-corrected chi connectivity index (χ2v) is 7.28. The summed E-state index contributed by atoms with van der Waals surface area (Å²) in [6.07, 6.45) is 6.08. The van der Waals surface area contributed by atoms with E-state index in [-0.39, 0.29) is 6.61 Å². The second kappa shape index (κ2) is 5.82. The molecule has 1 unspecified atom stereocenters. The van der Waals surface area contributed by atoms with Crippen LogP contribution in [0.25, 0.3) is 0 Å². The van der Waals surface area contributed by atoms with E-state index in [4.69, 9.17) is 12.2 Å². The van der Waals surface area contributed by atoms with Crippen LogP contribution in [-0.2, 0) is 13.3 Å². The molecule has 1 aromatic heterocycles. The van der Waals surface area contributed by atoms with Crippen molar-refractivity contribution in [2.24, 2.45) is 5.41 Å². The fraction of sp³-hybridized carbons (Fsp3) is 0.867. The number of likely N-dealkylation sites (tertiary alicyclic amines) is 1. The minimum atomic E-state index is -0.0280. The summed E-state index contributed by atoms with van der Waals surface area (Å²) in [7, 11) is 0. The van der Waals surface area contributed by atoms with Gasteiger partial charge in [0.25, 0.3) is 0 Å². The fourth-order valence-corrected chi connectivity index (χ4v) is 3.74. The largest absolute Gasteiger partial charge is 0.388 e. The van der Waals surface area contributed by atoms with Crippen molar-refractivity contribution >= 4 is 12.2 Å². The van der Waals surface area contributed by atoms with Crippen LogP contribution in [0.5, 0.6) is 0 Å². The third-order valence-corrected chi connectivity index (χ3v) is 5.45. The van der Waals surface area contributed by atoms with Gasteiger partial charge in [0, 0.05) is 12.6 Å². The highest BCUT2D eigenvalue weighted by molar-refractivity contribution is 7.71. The monoisotopic (exact) mass is 310 g/mol. The van der Waals surface area contributed by atoms with Crippen molar-refractivity contribution in [1.29, 1.82) is 0 Å². The highest BCUT2D eigenvalue weighted by Gasteiger charge is 2.31. The van der Waals surface area contributed by atoms with E-state index in [9.17, 15) is 5.11 Å². The van der Waals surface area contributed by atoms with Crippen LogP contribution in [0.15, 0.2) is 0 Å². The van der Waals surface area contributed by atoms with E-state index in [1.807, 2.05) is 4.68 Å². The Hall–Kier alpha value is -0.720. The van der Waals surface area contributed by atoms with Gasteiger partial charge in [0.15, 0.2) is 10.6 Å². The molecule has 21 heavy (non-hydrogen) atoms. The predicted molar refractivity (Wildman–Crippen MR) is 84.4 cm³/mol. The van der Waals surface area contributed by atoms with Crippen molar-refractivity contribution in [3.8, 4) is 0 Å². The lowest BCUT2D eigenvalue weighted by Gasteiger charge is -2.39. The van der Waals surface area contributed by atoms with Gasteiger partial charge in [0.2, 0.25) is 0 Å². The highest BCUT2D eigenvalue weighted by atomic mass is 32.1. The van der Waals surface area contributed by atoms with E-state index in [0.717, 1.165) is 43.2 Å². The van der Waals surface area contributed by atoms with Gasteiger partial charge in [0.05, 0.1) is 6.67 Å². The van der Waals surface area contributed by atoms with Crippen molar-refractivity contribution < 1.29 is 5.11 Å². The molecule has 1 atom stereocenters. The number of hydrogen-bond acceptors (Lipinski definition) is 4. The van der Waals surface area contributed by atoms with Gasteiger partial charge in [-0.3, -0.25) is 9.47 Å². The van der Waals surface area contributed by atoms with Crippen molar-refractivity contribution in [2.45, 2.75) is 65.3 Å². The first-order chi connectivity index (χ1) is 10.1. The minimum Gasteiger partial charge on any atom is -0.388 e. The Morgan fingerprint density at radius 1 is 1.43 bits per heavy atom.